The molecule has 0 aliphatic heterocycles. The average molecular weight is 212 g/mol. The highest BCUT2D eigenvalue weighted by Crippen LogP contribution is 2.24. The quantitative estimate of drug-likeness (QED) is 0.819. The predicted octanol–water partition coefficient (Wildman–Crippen LogP) is 1.34. The van der Waals surface area contributed by atoms with Gasteiger partial charge in [0.15, 0.2) is 0 Å². The molecular formula is C11H15NO3. The topological polar surface area (TPSA) is 47.6 Å². The second-order valence-corrected chi connectivity index (χ2v) is 2.86. The Morgan fingerprint density at radius 1 is 1.47 bits per heavy atom. The number of benzene rings is 1. The van der Waals surface area contributed by atoms with Gasteiger partial charge < -0.3 is 14.8 Å². The summed E-state index contributed by atoms with van der Waals surface area (Å²) in [5.41, 5.74) is 0.677. The molecule has 4 nitrogen and oxygen atoms in total. The number of hydrogen-bond donors (Lipinski definition) is 1. The molecule has 15 heavy (non-hydrogen) atoms. The Bertz CT molecular complexity index is 432. The van der Waals surface area contributed by atoms with Crippen molar-refractivity contribution in [2.24, 2.45) is 0 Å². The number of carbonyl (C=O) groups is 1. The highest BCUT2D eigenvalue weighted by molar-refractivity contribution is 5.72. The van der Waals surface area contributed by atoms with E-state index in [-0.39, 0.29) is 6.54 Å². The van der Waals surface area contributed by atoms with Crippen molar-refractivity contribution in [1.82, 2.24) is 5.32 Å². The largest absolute Gasteiger partial charge is 0.497 e. The molecule has 1 aromatic carbocycles. The fourth-order valence-corrected chi connectivity index (χ4v) is 1.17. The summed E-state index contributed by atoms with van der Waals surface area (Å²) in [6, 6.07) is 5.08. The van der Waals surface area contributed by atoms with Crippen LogP contribution in [0.2, 0.25) is 0 Å². The van der Waals surface area contributed by atoms with E-state index >= 15 is 0 Å². The van der Waals surface area contributed by atoms with Crippen LogP contribution < -0.4 is 14.8 Å². The molecule has 0 saturated carbocycles. The van der Waals surface area contributed by atoms with E-state index in [1.54, 1.807) is 18.2 Å². The normalized spacial score (nSPS) is 13.3. The van der Waals surface area contributed by atoms with Gasteiger partial charge >= 0.3 is 0 Å². The standard InChI is InChI=1S/C11H15NO3/c1-8(13)12-7-9-4-5-10(14-2)6-11(9)15-3/h4-6H,7H2,1-3H3,(H,12,13)/i1D3. The molecule has 4 heteroatoms. The van der Waals surface area contributed by atoms with Gasteiger partial charge in [-0.25, -0.2) is 0 Å². The molecule has 1 N–H and O–H groups in total. The molecule has 0 saturated heterocycles. The SMILES string of the molecule is [2H]C([2H])([2H])C(=O)NCc1ccc(OC)cc1OC. The lowest BCUT2D eigenvalue weighted by molar-refractivity contribution is -0.119. The molecule has 0 aliphatic rings. The Morgan fingerprint density at radius 3 is 2.87 bits per heavy atom. The van der Waals surface area contributed by atoms with Gasteiger partial charge in [0.2, 0.25) is 5.91 Å². The molecule has 0 aliphatic carbocycles. The molecule has 1 rings (SSSR count). The zero-order valence-electron chi connectivity index (χ0n) is 11.7. The Labute approximate surface area is 93.4 Å². The minimum Gasteiger partial charge on any atom is -0.497 e. The molecule has 1 aromatic rings. The van der Waals surface area contributed by atoms with Crippen LogP contribution >= 0.6 is 0 Å². The Kier molecular flexibility index (Phi) is 2.64. The minimum absolute atomic E-state index is 0.0877. The predicted molar refractivity (Wildman–Crippen MR) is 57.1 cm³/mol. The van der Waals surface area contributed by atoms with Crippen LogP contribution in [0.3, 0.4) is 0 Å². The van der Waals surface area contributed by atoms with Gasteiger partial charge in [0.05, 0.1) is 14.2 Å². The van der Waals surface area contributed by atoms with E-state index in [0.717, 1.165) is 0 Å². The summed E-state index contributed by atoms with van der Waals surface area (Å²) >= 11 is 0. The monoisotopic (exact) mass is 212 g/mol. The third kappa shape index (κ3) is 3.16. The van der Waals surface area contributed by atoms with Gasteiger partial charge in [-0.1, -0.05) is 0 Å². The fraction of sp³-hybridized carbons (Fsp3) is 0.364. The second-order valence-electron chi connectivity index (χ2n) is 2.86. The maximum Gasteiger partial charge on any atom is 0.217 e. The summed E-state index contributed by atoms with van der Waals surface area (Å²) in [6.07, 6.45) is 0. The van der Waals surface area contributed by atoms with Crippen molar-refractivity contribution in [2.75, 3.05) is 14.2 Å². The van der Waals surface area contributed by atoms with Crippen molar-refractivity contribution in [2.45, 2.75) is 13.4 Å². The van der Waals surface area contributed by atoms with Crippen LogP contribution in [0.5, 0.6) is 11.5 Å². The van der Waals surface area contributed by atoms with E-state index in [0.29, 0.717) is 17.1 Å². The number of carbonyl (C=O) groups excluding carboxylic acids is 1. The first-order valence-corrected chi connectivity index (χ1v) is 4.37. The lowest BCUT2D eigenvalue weighted by atomic mass is 10.2. The summed E-state index contributed by atoms with van der Waals surface area (Å²) in [7, 11) is 3.02. The van der Waals surface area contributed by atoms with Gasteiger partial charge in [0.1, 0.15) is 11.5 Å². The van der Waals surface area contributed by atoms with E-state index in [2.05, 4.69) is 5.32 Å². The minimum atomic E-state index is -2.64. The maximum absolute atomic E-state index is 11.2. The molecular weight excluding hydrogens is 194 g/mol. The molecule has 0 unspecified atom stereocenters. The maximum atomic E-state index is 11.2. The Morgan fingerprint density at radius 2 is 2.27 bits per heavy atom. The smallest absolute Gasteiger partial charge is 0.217 e. The first kappa shape index (κ1) is 7.56. The number of ether oxygens (including phenoxy) is 2. The molecule has 0 heterocycles. The molecule has 0 aromatic heterocycles. The number of rotatable bonds is 4. The van der Waals surface area contributed by atoms with Crippen molar-refractivity contribution in [3.05, 3.63) is 23.8 Å². The van der Waals surface area contributed by atoms with Crippen molar-refractivity contribution in [3.8, 4) is 11.5 Å². The fourth-order valence-electron chi connectivity index (χ4n) is 1.17. The number of amides is 1. The van der Waals surface area contributed by atoms with E-state index in [1.165, 1.54) is 14.2 Å². The van der Waals surface area contributed by atoms with Crippen LogP contribution in [-0.4, -0.2) is 20.1 Å². The van der Waals surface area contributed by atoms with Crippen molar-refractivity contribution in [1.29, 1.82) is 0 Å². The van der Waals surface area contributed by atoms with Crippen molar-refractivity contribution >= 4 is 5.91 Å². The average Bonchev–Trinajstić information content (AvgIpc) is 2.34. The Balaban J connectivity index is 2.76. The van der Waals surface area contributed by atoms with Crippen LogP contribution in [0.25, 0.3) is 0 Å². The van der Waals surface area contributed by atoms with Crippen LogP contribution in [0, 0.1) is 0 Å². The van der Waals surface area contributed by atoms with E-state index in [1.807, 2.05) is 0 Å². The lowest BCUT2D eigenvalue weighted by Crippen LogP contribution is -2.19. The third-order valence-electron chi connectivity index (χ3n) is 1.93. The molecule has 0 atom stereocenters. The zero-order valence-corrected chi connectivity index (χ0v) is 8.66. The third-order valence-corrected chi connectivity index (χ3v) is 1.93. The van der Waals surface area contributed by atoms with Gasteiger partial charge in [-0.3, -0.25) is 4.79 Å². The zero-order chi connectivity index (χ0) is 13.8. The summed E-state index contributed by atoms with van der Waals surface area (Å²) in [4.78, 5) is 11.2. The number of nitrogens with one attached hydrogen (secondary N) is 1. The number of methoxy groups -OCH3 is 2. The lowest BCUT2D eigenvalue weighted by Gasteiger charge is -2.10. The second kappa shape index (κ2) is 5.24. The summed E-state index contributed by atoms with van der Waals surface area (Å²) in [6.45, 7) is -2.55. The first-order chi connectivity index (χ1) is 8.38. The van der Waals surface area contributed by atoms with Crippen LogP contribution in [0.1, 0.15) is 16.5 Å². The van der Waals surface area contributed by atoms with Gasteiger partial charge in [-0.15, -0.1) is 0 Å². The highest BCUT2D eigenvalue weighted by Gasteiger charge is 2.04. The molecule has 0 spiro atoms. The van der Waals surface area contributed by atoms with Gasteiger partial charge in [0, 0.05) is 29.1 Å². The van der Waals surface area contributed by atoms with E-state index in [4.69, 9.17) is 13.6 Å². The highest BCUT2D eigenvalue weighted by atomic mass is 16.5. The van der Waals surface area contributed by atoms with Crippen LogP contribution in [-0.2, 0) is 11.3 Å². The molecule has 0 radical (unpaired) electrons. The first-order valence-electron chi connectivity index (χ1n) is 5.87. The van der Waals surface area contributed by atoms with E-state index < -0.39 is 12.8 Å². The van der Waals surface area contributed by atoms with Gasteiger partial charge in [-0.2, -0.15) is 0 Å². The van der Waals surface area contributed by atoms with E-state index in [9.17, 15) is 4.79 Å². The molecule has 0 fully saturated rings. The van der Waals surface area contributed by atoms with Crippen LogP contribution in [0.15, 0.2) is 18.2 Å². The summed E-state index contributed by atoms with van der Waals surface area (Å²) in [5.74, 6) is 0.165. The van der Waals surface area contributed by atoms with Crippen molar-refractivity contribution in [3.63, 3.8) is 0 Å². The summed E-state index contributed by atoms with van der Waals surface area (Å²) in [5, 5.41) is 2.33. The molecule has 1 amide bonds. The van der Waals surface area contributed by atoms with Gasteiger partial charge in [0.25, 0.3) is 0 Å². The molecule has 0 bridgehead atoms. The summed E-state index contributed by atoms with van der Waals surface area (Å²) < 4.78 is 31.0. The molecule has 82 valence electrons. The van der Waals surface area contributed by atoms with Gasteiger partial charge in [-0.05, 0) is 12.1 Å². The Hall–Kier alpha value is -1.71. The van der Waals surface area contributed by atoms with Crippen molar-refractivity contribution < 1.29 is 18.4 Å². The van der Waals surface area contributed by atoms with Crippen LogP contribution in [0.4, 0.5) is 0 Å². The number of hydrogen-bond acceptors (Lipinski definition) is 3.